The van der Waals surface area contributed by atoms with Crippen LogP contribution >= 0.6 is 15.9 Å². The zero-order chi connectivity index (χ0) is 13.9. The molecular formula is C17H25BrN2. The lowest BCUT2D eigenvalue weighted by molar-refractivity contribution is 0.309. The summed E-state index contributed by atoms with van der Waals surface area (Å²) in [6, 6.07) is 10.2. The molecule has 1 heterocycles. The van der Waals surface area contributed by atoms with Crippen LogP contribution in [0.1, 0.15) is 31.7 Å². The van der Waals surface area contributed by atoms with Crippen molar-refractivity contribution in [1.29, 1.82) is 0 Å². The molecule has 2 aliphatic rings. The van der Waals surface area contributed by atoms with Gasteiger partial charge in [0.15, 0.2) is 0 Å². The van der Waals surface area contributed by atoms with Gasteiger partial charge < -0.3 is 10.2 Å². The normalized spacial score (nSPS) is 25.0. The maximum absolute atomic E-state index is 3.73. The van der Waals surface area contributed by atoms with Crippen LogP contribution < -0.4 is 5.32 Å². The van der Waals surface area contributed by atoms with E-state index in [1.807, 2.05) is 0 Å². The van der Waals surface area contributed by atoms with Crippen molar-refractivity contribution in [2.75, 3.05) is 19.6 Å². The Morgan fingerprint density at radius 1 is 1.25 bits per heavy atom. The van der Waals surface area contributed by atoms with Crippen LogP contribution in [0.15, 0.2) is 28.7 Å². The lowest BCUT2D eigenvalue weighted by Crippen LogP contribution is -2.34. The van der Waals surface area contributed by atoms with Gasteiger partial charge in [-0.15, -0.1) is 0 Å². The Balaban J connectivity index is 1.38. The van der Waals surface area contributed by atoms with Crippen molar-refractivity contribution >= 4 is 15.9 Å². The van der Waals surface area contributed by atoms with E-state index in [0.717, 1.165) is 22.9 Å². The van der Waals surface area contributed by atoms with Crippen molar-refractivity contribution in [2.24, 2.45) is 5.92 Å². The standard InChI is InChI=1S/C17H25BrN2/c1-13(10-14-2-4-16(18)5-3-14)19-11-15-8-9-20(12-15)17-6-7-17/h2-5,13,15,17,19H,6-12H2,1H3. The number of hydrogen-bond donors (Lipinski definition) is 1. The van der Waals surface area contributed by atoms with E-state index in [1.54, 1.807) is 0 Å². The third-order valence-corrected chi connectivity index (χ3v) is 5.12. The molecule has 20 heavy (non-hydrogen) atoms. The summed E-state index contributed by atoms with van der Waals surface area (Å²) >= 11 is 3.49. The van der Waals surface area contributed by atoms with Crippen molar-refractivity contribution in [2.45, 2.75) is 44.7 Å². The highest BCUT2D eigenvalue weighted by molar-refractivity contribution is 9.10. The maximum atomic E-state index is 3.73. The second kappa shape index (κ2) is 6.59. The first-order chi connectivity index (χ1) is 9.70. The van der Waals surface area contributed by atoms with Gasteiger partial charge in [-0.1, -0.05) is 28.1 Å². The van der Waals surface area contributed by atoms with E-state index in [0.29, 0.717) is 6.04 Å². The minimum atomic E-state index is 0.561. The predicted octanol–water partition coefficient (Wildman–Crippen LogP) is 3.45. The topological polar surface area (TPSA) is 15.3 Å². The number of hydrogen-bond acceptors (Lipinski definition) is 2. The van der Waals surface area contributed by atoms with Crippen LogP contribution in [0.3, 0.4) is 0 Å². The van der Waals surface area contributed by atoms with Gasteiger partial charge in [0.2, 0.25) is 0 Å². The third kappa shape index (κ3) is 4.06. The molecule has 2 unspecified atom stereocenters. The first-order valence-corrected chi connectivity index (χ1v) is 8.72. The zero-order valence-electron chi connectivity index (χ0n) is 12.3. The van der Waals surface area contributed by atoms with E-state index in [-0.39, 0.29) is 0 Å². The van der Waals surface area contributed by atoms with Gasteiger partial charge in [-0.05, 0) is 69.3 Å². The molecular weight excluding hydrogens is 312 g/mol. The van der Waals surface area contributed by atoms with Crippen molar-refractivity contribution in [3.05, 3.63) is 34.3 Å². The van der Waals surface area contributed by atoms with E-state index in [1.165, 1.54) is 44.5 Å². The van der Waals surface area contributed by atoms with E-state index in [9.17, 15) is 0 Å². The Morgan fingerprint density at radius 3 is 2.70 bits per heavy atom. The molecule has 0 amide bonds. The molecule has 2 fully saturated rings. The van der Waals surface area contributed by atoms with Gasteiger partial charge in [-0.2, -0.15) is 0 Å². The second-order valence-corrected chi connectivity index (χ2v) is 7.44. The smallest absolute Gasteiger partial charge is 0.0175 e. The fourth-order valence-electron chi connectivity index (χ4n) is 3.21. The molecule has 0 spiro atoms. The fourth-order valence-corrected chi connectivity index (χ4v) is 3.48. The average Bonchev–Trinajstić information content (AvgIpc) is 3.18. The fraction of sp³-hybridized carbons (Fsp3) is 0.647. The van der Waals surface area contributed by atoms with E-state index >= 15 is 0 Å². The highest BCUT2D eigenvalue weighted by Gasteiger charge is 2.34. The molecule has 1 saturated carbocycles. The molecule has 1 aromatic rings. The molecule has 110 valence electrons. The van der Waals surface area contributed by atoms with Gasteiger partial charge in [0, 0.05) is 23.1 Å². The summed E-state index contributed by atoms with van der Waals surface area (Å²) in [7, 11) is 0. The number of nitrogens with one attached hydrogen (secondary N) is 1. The highest BCUT2D eigenvalue weighted by Crippen LogP contribution is 2.31. The molecule has 1 aromatic carbocycles. The number of halogens is 1. The van der Waals surface area contributed by atoms with Gasteiger partial charge in [0.1, 0.15) is 0 Å². The summed E-state index contributed by atoms with van der Waals surface area (Å²) in [6.07, 6.45) is 5.39. The molecule has 0 bridgehead atoms. The van der Waals surface area contributed by atoms with Gasteiger partial charge >= 0.3 is 0 Å². The summed E-state index contributed by atoms with van der Waals surface area (Å²) in [5.74, 6) is 0.864. The van der Waals surface area contributed by atoms with Gasteiger partial charge in [0.25, 0.3) is 0 Å². The molecule has 2 nitrogen and oxygen atoms in total. The number of likely N-dealkylation sites (tertiary alicyclic amines) is 1. The molecule has 1 N–H and O–H groups in total. The first kappa shape index (κ1) is 14.6. The largest absolute Gasteiger partial charge is 0.314 e. The quantitative estimate of drug-likeness (QED) is 0.855. The van der Waals surface area contributed by atoms with Crippen LogP contribution in [-0.2, 0) is 6.42 Å². The molecule has 0 aromatic heterocycles. The van der Waals surface area contributed by atoms with E-state index in [2.05, 4.69) is 57.3 Å². The van der Waals surface area contributed by atoms with Crippen molar-refractivity contribution in [3.8, 4) is 0 Å². The SMILES string of the molecule is CC(Cc1ccc(Br)cc1)NCC1CCN(C2CC2)C1. The number of rotatable bonds is 6. The Morgan fingerprint density at radius 2 is 2.00 bits per heavy atom. The lowest BCUT2D eigenvalue weighted by atomic mass is 10.1. The minimum Gasteiger partial charge on any atom is -0.314 e. The van der Waals surface area contributed by atoms with Gasteiger partial charge in [-0.3, -0.25) is 0 Å². The summed E-state index contributed by atoms with van der Waals surface area (Å²) in [4.78, 5) is 2.70. The third-order valence-electron chi connectivity index (χ3n) is 4.59. The average molecular weight is 337 g/mol. The molecule has 2 atom stereocenters. The second-order valence-electron chi connectivity index (χ2n) is 6.52. The minimum absolute atomic E-state index is 0.561. The van der Waals surface area contributed by atoms with E-state index < -0.39 is 0 Å². The maximum Gasteiger partial charge on any atom is 0.0175 e. The van der Waals surface area contributed by atoms with Crippen LogP contribution in [0.5, 0.6) is 0 Å². The summed E-state index contributed by atoms with van der Waals surface area (Å²) in [5.41, 5.74) is 1.42. The molecule has 1 aliphatic carbocycles. The Labute approximate surface area is 131 Å². The van der Waals surface area contributed by atoms with Gasteiger partial charge in [0.05, 0.1) is 0 Å². The summed E-state index contributed by atoms with van der Waals surface area (Å²) < 4.78 is 1.16. The van der Waals surface area contributed by atoms with Crippen molar-refractivity contribution < 1.29 is 0 Å². The van der Waals surface area contributed by atoms with Crippen LogP contribution in [0.4, 0.5) is 0 Å². The summed E-state index contributed by atoms with van der Waals surface area (Å²) in [5, 5.41) is 3.73. The number of nitrogens with zero attached hydrogens (tertiary/aromatic N) is 1. The molecule has 3 heteroatoms. The van der Waals surface area contributed by atoms with Gasteiger partial charge in [-0.25, -0.2) is 0 Å². The molecule has 3 rings (SSSR count). The van der Waals surface area contributed by atoms with Crippen molar-refractivity contribution in [1.82, 2.24) is 10.2 Å². The van der Waals surface area contributed by atoms with Crippen molar-refractivity contribution in [3.63, 3.8) is 0 Å². The molecule has 1 saturated heterocycles. The van der Waals surface area contributed by atoms with Crippen LogP contribution in [0, 0.1) is 5.92 Å². The zero-order valence-corrected chi connectivity index (χ0v) is 13.9. The van der Waals surface area contributed by atoms with Crippen LogP contribution in [-0.4, -0.2) is 36.6 Å². The first-order valence-electron chi connectivity index (χ1n) is 7.92. The Bertz CT molecular complexity index is 427. The number of benzene rings is 1. The van der Waals surface area contributed by atoms with Crippen LogP contribution in [0.25, 0.3) is 0 Å². The molecule has 0 radical (unpaired) electrons. The van der Waals surface area contributed by atoms with Crippen LogP contribution in [0.2, 0.25) is 0 Å². The van der Waals surface area contributed by atoms with E-state index in [4.69, 9.17) is 0 Å². The predicted molar refractivity (Wildman–Crippen MR) is 88.0 cm³/mol. The lowest BCUT2D eigenvalue weighted by Gasteiger charge is -2.18. The summed E-state index contributed by atoms with van der Waals surface area (Å²) in [6.45, 7) is 6.14. The molecule has 1 aliphatic heterocycles. The Hall–Kier alpha value is -0.380. The Kier molecular flexibility index (Phi) is 4.79. The highest BCUT2D eigenvalue weighted by atomic mass is 79.9. The monoisotopic (exact) mass is 336 g/mol.